The SMILES string of the molecule is Fc1ncccc1-c1ccc2c(c1)c(-c1cn(-c3ccc4c(c3)CNCC4)nn1)nn2C1CCCCO1. The molecule has 2 aliphatic heterocycles. The van der Waals surface area contributed by atoms with E-state index < -0.39 is 5.95 Å². The molecule has 2 aliphatic rings. The molecule has 2 aromatic carbocycles. The van der Waals surface area contributed by atoms with Crippen molar-refractivity contribution in [1.82, 2.24) is 35.1 Å². The summed E-state index contributed by atoms with van der Waals surface area (Å²) in [5.74, 6) is -0.501. The van der Waals surface area contributed by atoms with Crippen LogP contribution in [-0.4, -0.2) is 42.9 Å². The Morgan fingerprint density at radius 3 is 2.92 bits per heavy atom. The molecule has 8 nitrogen and oxygen atoms in total. The molecule has 37 heavy (non-hydrogen) atoms. The molecule has 1 N–H and O–H groups in total. The summed E-state index contributed by atoms with van der Waals surface area (Å²) < 4.78 is 24.3. The van der Waals surface area contributed by atoms with Gasteiger partial charge < -0.3 is 10.1 Å². The van der Waals surface area contributed by atoms with Gasteiger partial charge in [-0.25, -0.2) is 14.3 Å². The van der Waals surface area contributed by atoms with Crippen LogP contribution in [0.3, 0.4) is 0 Å². The van der Waals surface area contributed by atoms with Gasteiger partial charge in [0.2, 0.25) is 5.95 Å². The van der Waals surface area contributed by atoms with Gasteiger partial charge in [0.15, 0.2) is 6.23 Å². The van der Waals surface area contributed by atoms with Gasteiger partial charge in [0.1, 0.15) is 11.4 Å². The number of halogens is 1. The Balaban J connectivity index is 1.34. The van der Waals surface area contributed by atoms with Crippen LogP contribution in [0.4, 0.5) is 4.39 Å². The van der Waals surface area contributed by atoms with E-state index in [4.69, 9.17) is 9.84 Å². The fourth-order valence-corrected chi connectivity index (χ4v) is 5.34. The normalized spacial score (nSPS) is 17.7. The molecule has 0 radical (unpaired) electrons. The van der Waals surface area contributed by atoms with Crippen molar-refractivity contribution >= 4 is 10.9 Å². The molecule has 9 heteroatoms. The average Bonchev–Trinajstić information content (AvgIpc) is 3.59. The first-order chi connectivity index (χ1) is 18.2. The molecule has 5 heterocycles. The van der Waals surface area contributed by atoms with Crippen molar-refractivity contribution in [1.29, 1.82) is 0 Å². The fraction of sp³-hybridized carbons (Fsp3) is 0.286. The van der Waals surface area contributed by atoms with Crippen molar-refractivity contribution in [3.63, 3.8) is 0 Å². The van der Waals surface area contributed by atoms with Crippen LogP contribution in [0.15, 0.2) is 60.9 Å². The highest BCUT2D eigenvalue weighted by Crippen LogP contribution is 2.35. The maximum atomic E-state index is 14.5. The first kappa shape index (κ1) is 22.3. The van der Waals surface area contributed by atoms with Gasteiger partial charge in [0.25, 0.3) is 0 Å². The summed E-state index contributed by atoms with van der Waals surface area (Å²) in [4.78, 5) is 3.82. The highest BCUT2D eigenvalue weighted by molar-refractivity contribution is 5.95. The van der Waals surface area contributed by atoms with Crippen molar-refractivity contribution in [2.24, 2.45) is 0 Å². The Hall–Kier alpha value is -3.95. The Labute approximate surface area is 213 Å². The Morgan fingerprint density at radius 1 is 1.05 bits per heavy atom. The molecule has 1 fully saturated rings. The fourth-order valence-electron chi connectivity index (χ4n) is 5.34. The maximum Gasteiger partial charge on any atom is 0.220 e. The number of nitrogens with one attached hydrogen (secondary N) is 1. The summed E-state index contributed by atoms with van der Waals surface area (Å²) in [5, 5.41) is 18.2. The van der Waals surface area contributed by atoms with Crippen LogP contribution >= 0.6 is 0 Å². The molecule has 1 saturated heterocycles. The number of fused-ring (bicyclic) bond motifs is 2. The van der Waals surface area contributed by atoms with E-state index in [0.29, 0.717) is 23.6 Å². The lowest BCUT2D eigenvalue weighted by Gasteiger charge is -2.23. The topological polar surface area (TPSA) is 82.7 Å². The number of aromatic nitrogens is 6. The van der Waals surface area contributed by atoms with Crippen LogP contribution < -0.4 is 5.32 Å². The van der Waals surface area contributed by atoms with E-state index in [-0.39, 0.29) is 6.23 Å². The number of ether oxygens (including phenoxy) is 1. The van der Waals surface area contributed by atoms with Gasteiger partial charge in [-0.3, -0.25) is 0 Å². The Bertz CT molecular complexity index is 1600. The van der Waals surface area contributed by atoms with E-state index in [2.05, 4.69) is 38.8 Å². The van der Waals surface area contributed by atoms with Crippen LogP contribution in [0.5, 0.6) is 0 Å². The van der Waals surface area contributed by atoms with Crippen LogP contribution in [0.25, 0.3) is 39.1 Å². The molecule has 3 aromatic heterocycles. The number of pyridine rings is 1. The van der Waals surface area contributed by atoms with Gasteiger partial charge in [-0.05, 0) is 85.3 Å². The lowest BCUT2D eigenvalue weighted by atomic mass is 10.0. The minimum Gasteiger partial charge on any atom is -0.356 e. The smallest absolute Gasteiger partial charge is 0.220 e. The third kappa shape index (κ3) is 4.00. The number of hydrogen-bond donors (Lipinski definition) is 1. The minimum absolute atomic E-state index is 0.144. The second-order valence-corrected chi connectivity index (χ2v) is 9.62. The maximum absolute atomic E-state index is 14.5. The van der Waals surface area contributed by atoms with Gasteiger partial charge in [0.05, 0.1) is 17.4 Å². The zero-order valence-electron chi connectivity index (χ0n) is 20.3. The van der Waals surface area contributed by atoms with Gasteiger partial charge in [-0.1, -0.05) is 17.3 Å². The van der Waals surface area contributed by atoms with Gasteiger partial charge >= 0.3 is 0 Å². The number of rotatable bonds is 4. The third-order valence-corrected chi connectivity index (χ3v) is 7.28. The molecule has 0 saturated carbocycles. The minimum atomic E-state index is -0.501. The quantitative estimate of drug-likeness (QED) is 0.360. The van der Waals surface area contributed by atoms with Crippen molar-refractivity contribution in [2.75, 3.05) is 13.2 Å². The van der Waals surface area contributed by atoms with Crippen molar-refractivity contribution < 1.29 is 9.13 Å². The number of benzene rings is 2. The van der Waals surface area contributed by atoms with E-state index in [0.717, 1.165) is 60.9 Å². The first-order valence-electron chi connectivity index (χ1n) is 12.7. The zero-order chi connectivity index (χ0) is 24.8. The highest BCUT2D eigenvalue weighted by atomic mass is 19.1. The van der Waals surface area contributed by atoms with Gasteiger partial charge in [0, 0.05) is 30.3 Å². The van der Waals surface area contributed by atoms with Crippen molar-refractivity contribution in [3.8, 4) is 28.2 Å². The third-order valence-electron chi connectivity index (χ3n) is 7.28. The summed E-state index contributed by atoms with van der Waals surface area (Å²) in [6.07, 6.45) is 7.28. The van der Waals surface area contributed by atoms with Gasteiger partial charge in [-0.2, -0.15) is 9.49 Å². The number of nitrogens with zero attached hydrogens (tertiary/aromatic N) is 6. The molecule has 1 atom stereocenters. The van der Waals surface area contributed by atoms with E-state index in [1.165, 1.54) is 17.3 Å². The van der Waals surface area contributed by atoms with Crippen LogP contribution in [0.1, 0.15) is 36.6 Å². The molecule has 0 spiro atoms. The van der Waals surface area contributed by atoms with Crippen LogP contribution in [0, 0.1) is 5.95 Å². The van der Waals surface area contributed by atoms with E-state index >= 15 is 0 Å². The monoisotopic (exact) mass is 495 g/mol. The van der Waals surface area contributed by atoms with Crippen LogP contribution in [-0.2, 0) is 17.7 Å². The molecule has 186 valence electrons. The average molecular weight is 496 g/mol. The lowest BCUT2D eigenvalue weighted by Crippen LogP contribution is -2.23. The second kappa shape index (κ2) is 9.17. The predicted molar refractivity (Wildman–Crippen MR) is 138 cm³/mol. The second-order valence-electron chi connectivity index (χ2n) is 9.62. The molecular formula is C28H26FN7O. The predicted octanol–water partition coefficient (Wildman–Crippen LogP) is 4.83. The molecule has 1 unspecified atom stereocenters. The summed E-state index contributed by atoms with van der Waals surface area (Å²) in [7, 11) is 0. The van der Waals surface area contributed by atoms with E-state index in [9.17, 15) is 4.39 Å². The van der Waals surface area contributed by atoms with Gasteiger partial charge in [-0.15, -0.1) is 5.10 Å². The first-order valence-corrected chi connectivity index (χ1v) is 12.7. The standard InChI is InChI=1S/C28H26FN7O/c29-28-22(4-3-11-31-28)19-7-9-25-23(15-19)27(33-36(25)26-5-1-2-13-37-26)24-17-35(34-32-24)21-8-6-18-10-12-30-16-20(18)14-21/h3-4,6-9,11,14-15,17,26,30H,1-2,5,10,12-13,16H2. The molecule has 0 bridgehead atoms. The zero-order valence-corrected chi connectivity index (χ0v) is 20.3. The molecular weight excluding hydrogens is 469 g/mol. The lowest BCUT2D eigenvalue weighted by molar-refractivity contribution is -0.0365. The van der Waals surface area contributed by atoms with E-state index in [1.807, 2.05) is 29.1 Å². The van der Waals surface area contributed by atoms with Crippen molar-refractivity contribution in [2.45, 2.75) is 38.5 Å². The summed E-state index contributed by atoms with van der Waals surface area (Å²) >= 11 is 0. The molecule has 5 aromatic rings. The molecule has 0 aliphatic carbocycles. The van der Waals surface area contributed by atoms with Crippen molar-refractivity contribution in [3.05, 3.63) is 78.0 Å². The van der Waals surface area contributed by atoms with E-state index in [1.54, 1.807) is 16.8 Å². The summed E-state index contributed by atoms with van der Waals surface area (Å²) in [6.45, 7) is 2.57. The molecule has 0 amide bonds. The Kier molecular flexibility index (Phi) is 5.52. The van der Waals surface area contributed by atoms with Crippen LogP contribution in [0.2, 0.25) is 0 Å². The highest BCUT2D eigenvalue weighted by Gasteiger charge is 2.24. The molecule has 7 rings (SSSR count). The number of hydrogen-bond acceptors (Lipinski definition) is 6. The largest absolute Gasteiger partial charge is 0.356 e. The Morgan fingerprint density at radius 2 is 2.03 bits per heavy atom. The summed E-state index contributed by atoms with van der Waals surface area (Å²) in [5.41, 5.74) is 7.06. The summed E-state index contributed by atoms with van der Waals surface area (Å²) in [6, 6.07) is 15.7.